The number of nitrogens with zero attached hydrogens (tertiary/aromatic N) is 1. The maximum Gasteiger partial charge on any atom is 0.416 e. The number of amides is 1. The number of carboxylic acids is 1. The van der Waals surface area contributed by atoms with Crippen LogP contribution < -0.4 is 11.1 Å². The van der Waals surface area contributed by atoms with Crippen LogP contribution in [0.3, 0.4) is 0 Å². The minimum absolute atomic E-state index is 0.0656. The smallest absolute Gasteiger partial charge is 0.416 e. The molecule has 0 saturated heterocycles. The maximum atomic E-state index is 13.5. The van der Waals surface area contributed by atoms with Gasteiger partial charge in [0.2, 0.25) is 5.95 Å². The molecule has 5 N–H and O–H groups in total. The summed E-state index contributed by atoms with van der Waals surface area (Å²) in [7, 11) is 0. The van der Waals surface area contributed by atoms with Crippen molar-refractivity contribution in [1.82, 2.24) is 9.97 Å². The number of hydrogen-bond acceptors (Lipinski definition) is 8. The molecule has 51 heavy (non-hydrogen) atoms. The third-order valence-electron chi connectivity index (χ3n) is 7.58. The van der Waals surface area contributed by atoms with Crippen molar-refractivity contribution in [3.05, 3.63) is 99.6 Å². The van der Waals surface area contributed by atoms with Gasteiger partial charge in [-0.25, -0.2) is 9.78 Å². The first-order chi connectivity index (χ1) is 24.5. The summed E-state index contributed by atoms with van der Waals surface area (Å²) < 4.78 is 60.7. The number of aromatic amines is 1. The summed E-state index contributed by atoms with van der Waals surface area (Å²) in [5, 5.41) is 11.7. The van der Waals surface area contributed by atoms with Crippen molar-refractivity contribution in [2.45, 2.75) is 31.9 Å². The summed E-state index contributed by atoms with van der Waals surface area (Å²) in [6.07, 6.45) is -2.23. The molecule has 0 fully saturated rings. The Morgan fingerprint density at radius 3 is 2.02 bits per heavy atom. The lowest BCUT2D eigenvalue weighted by Gasteiger charge is -2.14. The van der Waals surface area contributed by atoms with Crippen LogP contribution in [-0.4, -0.2) is 79.8 Å². The van der Waals surface area contributed by atoms with E-state index < -0.39 is 23.6 Å². The van der Waals surface area contributed by atoms with Gasteiger partial charge >= 0.3 is 12.1 Å². The highest BCUT2D eigenvalue weighted by Crippen LogP contribution is 2.30. The predicted molar refractivity (Wildman–Crippen MR) is 186 cm³/mol. The van der Waals surface area contributed by atoms with E-state index in [1.807, 2.05) is 24.3 Å². The van der Waals surface area contributed by atoms with Crippen LogP contribution in [0.1, 0.15) is 35.1 Å². The Kier molecular flexibility index (Phi) is 15.3. The van der Waals surface area contributed by atoms with Crippen LogP contribution in [0.2, 0.25) is 5.02 Å². The number of aryl methyl sites for hydroxylation is 2. The van der Waals surface area contributed by atoms with Gasteiger partial charge in [0.25, 0.3) is 5.91 Å². The number of carbonyl (C=O) groups is 2. The van der Waals surface area contributed by atoms with Crippen molar-refractivity contribution in [2.24, 2.45) is 5.73 Å². The second-order valence-corrected chi connectivity index (χ2v) is 11.8. The van der Waals surface area contributed by atoms with Crippen molar-refractivity contribution in [1.29, 1.82) is 0 Å². The zero-order chi connectivity index (χ0) is 36.6. The molecule has 0 aliphatic carbocycles. The van der Waals surface area contributed by atoms with Crippen molar-refractivity contribution >= 4 is 46.2 Å². The average Bonchev–Trinajstić information content (AvgIpc) is 3.49. The molecule has 4 rings (SSSR count). The molecular weight excluding hydrogens is 693 g/mol. The van der Waals surface area contributed by atoms with Gasteiger partial charge in [0.1, 0.15) is 6.61 Å². The van der Waals surface area contributed by atoms with Crippen molar-refractivity contribution < 1.29 is 46.8 Å². The molecule has 3 aromatic carbocycles. The number of fused-ring (bicyclic) bond motifs is 1. The van der Waals surface area contributed by atoms with Gasteiger partial charge in [0.05, 0.1) is 56.2 Å². The molecule has 0 unspecified atom stereocenters. The lowest BCUT2D eigenvalue weighted by molar-refractivity contribution is -0.142. The first-order valence-corrected chi connectivity index (χ1v) is 16.6. The average molecular weight is 733 g/mol. The molecule has 0 aliphatic heterocycles. The Hall–Kier alpha value is -4.47. The fraction of sp³-hybridized carbons (Fsp3) is 0.361. The number of carboxylic acid groups (broad SMARTS) is 1. The summed E-state index contributed by atoms with van der Waals surface area (Å²) in [4.78, 5) is 31.3. The summed E-state index contributed by atoms with van der Waals surface area (Å²) in [5.74, 6) is -1.37. The first kappa shape index (κ1) is 39.3. The van der Waals surface area contributed by atoms with Crippen molar-refractivity contribution in [2.75, 3.05) is 58.2 Å². The molecule has 274 valence electrons. The molecule has 15 heteroatoms. The van der Waals surface area contributed by atoms with Gasteiger partial charge < -0.3 is 34.8 Å². The number of ether oxygens (including phenoxy) is 4. The molecular formula is C36H40ClF3N4O7. The Bertz CT molecular complexity index is 1750. The predicted octanol–water partition coefficient (Wildman–Crippen LogP) is 6.26. The molecule has 11 nitrogen and oxygen atoms in total. The molecule has 1 heterocycles. The summed E-state index contributed by atoms with van der Waals surface area (Å²) in [5.41, 5.74) is 9.46. The van der Waals surface area contributed by atoms with Crippen LogP contribution in [0.25, 0.3) is 16.7 Å². The molecule has 0 saturated carbocycles. The molecule has 4 aromatic rings. The summed E-state index contributed by atoms with van der Waals surface area (Å²) >= 11 is 6.07. The van der Waals surface area contributed by atoms with Crippen LogP contribution in [0.5, 0.6) is 0 Å². The number of aliphatic carboxylic acids is 1. The minimum atomic E-state index is -4.50. The fourth-order valence-corrected chi connectivity index (χ4v) is 5.12. The molecule has 0 aliphatic rings. The van der Waals surface area contributed by atoms with Crippen LogP contribution in [0.15, 0.2) is 72.3 Å². The lowest BCUT2D eigenvalue weighted by atomic mass is 9.97. The van der Waals surface area contributed by atoms with Gasteiger partial charge in [0.15, 0.2) is 0 Å². The van der Waals surface area contributed by atoms with E-state index in [9.17, 15) is 22.8 Å². The number of aromatic nitrogens is 2. The van der Waals surface area contributed by atoms with E-state index in [1.54, 1.807) is 18.2 Å². The molecule has 1 aromatic heterocycles. The van der Waals surface area contributed by atoms with E-state index in [-0.39, 0.29) is 36.9 Å². The number of alkyl halides is 3. The fourth-order valence-electron chi connectivity index (χ4n) is 4.95. The van der Waals surface area contributed by atoms with Gasteiger partial charge in [-0.1, -0.05) is 48.0 Å². The number of benzene rings is 3. The highest BCUT2D eigenvalue weighted by Gasteiger charge is 2.30. The van der Waals surface area contributed by atoms with Gasteiger partial charge in [-0.05, 0) is 72.7 Å². The van der Waals surface area contributed by atoms with E-state index in [4.69, 9.17) is 41.4 Å². The van der Waals surface area contributed by atoms with Crippen LogP contribution in [0.4, 0.5) is 19.1 Å². The van der Waals surface area contributed by atoms with E-state index in [0.717, 1.165) is 36.1 Å². The van der Waals surface area contributed by atoms with Crippen LogP contribution >= 0.6 is 11.6 Å². The Morgan fingerprint density at radius 2 is 1.41 bits per heavy atom. The second kappa shape index (κ2) is 19.8. The minimum Gasteiger partial charge on any atom is -0.480 e. The summed E-state index contributed by atoms with van der Waals surface area (Å²) in [6, 6.07) is 17.4. The molecule has 0 radical (unpaired) electrons. The number of H-pyrrole nitrogens is 1. The number of hydrogen-bond donors (Lipinski definition) is 4. The quantitative estimate of drug-likeness (QED) is 0.0573. The van der Waals surface area contributed by atoms with E-state index >= 15 is 0 Å². The Morgan fingerprint density at radius 1 is 0.824 bits per heavy atom. The number of nitrogens with one attached hydrogen (secondary N) is 2. The number of anilines is 1. The van der Waals surface area contributed by atoms with Crippen molar-refractivity contribution in [3.63, 3.8) is 0 Å². The zero-order valence-electron chi connectivity index (χ0n) is 27.8. The van der Waals surface area contributed by atoms with Crippen LogP contribution in [0, 0.1) is 0 Å². The topological polar surface area (TPSA) is 158 Å². The molecule has 0 bridgehead atoms. The number of halogens is 4. The third kappa shape index (κ3) is 13.3. The second-order valence-electron chi connectivity index (χ2n) is 11.4. The lowest BCUT2D eigenvalue weighted by Crippen LogP contribution is -2.20. The van der Waals surface area contributed by atoms with E-state index in [2.05, 4.69) is 15.3 Å². The van der Waals surface area contributed by atoms with Gasteiger partial charge in [-0.15, -0.1) is 0 Å². The number of carbonyl (C=O) groups excluding carboxylic acids is 1. The van der Waals surface area contributed by atoms with Gasteiger partial charge in [-0.2, -0.15) is 13.2 Å². The Labute approximate surface area is 297 Å². The monoisotopic (exact) mass is 732 g/mol. The Balaban J connectivity index is 1.25. The van der Waals surface area contributed by atoms with E-state index in [0.29, 0.717) is 67.7 Å². The number of imidazole rings is 1. The number of nitrogens with two attached hydrogens (primary N) is 1. The van der Waals surface area contributed by atoms with Gasteiger partial charge in [0, 0.05) is 22.9 Å². The first-order valence-electron chi connectivity index (χ1n) is 16.2. The molecule has 0 atom stereocenters. The van der Waals surface area contributed by atoms with E-state index in [1.165, 1.54) is 12.1 Å². The zero-order valence-corrected chi connectivity index (χ0v) is 28.5. The normalized spacial score (nSPS) is 12.2. The van der Waals surface area contributed by atoms with Gasteiger partial charge in [-0.3, -0.25) is 10.1 Å². The highest BCUT2D eigenvalue weighted by molar-refractivity contribution is 6.31. The third-order valence-corrected chi connectivity index (χ3v) is 7.82. The van der Waals surface area contributed by atoms with Crippen molar-refractivity contribution in [3.8, 4) is 0 Å². The standard InChI is InChI=1S/C36H40ClF3N4O7/c37-28-12-14-30-31(22-28)43-35(42-30)44-34(47)29(33(41)26-8-10-27(11-9-26)36(38,39)40)13-7-25-5-3-24(4-6-25)2-1-15-48-16-17-49-18-19-50-20-21-51-23-32(45)46/h3-6,8-12,14,22H,1-2,7,13,15-21,23,41H2,(H,45,46)(H2,42,43,44,47)/b33-29-. The number of rotatable bonds is 21. The van der Waals surface area contributed by atoms with Crippen LogP contribution in [-0.2, 0) is 47.6 Å². The molecule has 1 amide bonds. The largest absolute Gasteiger partial charge is 0.480 e. The SMILES string of the molecule is N/C(=C(/CCc1ccc(CCCOCCOCCOCCOCC(=O)O)cc1)C(=O)Nc1nc2ccc(Cl)cc2[nH]1)c1ccc(C(F)(F)F)cc1. The maximum absolute atomic E-state index is 13.5. The molecule has 0 spiro atoms. The summed E-state index contributed by atoms with van der Waals surface area (Å²) in [6.45, 7) is 2.38. The highest BCUT2D eigenvalue weighted by atomic mass is 35.5.